The predicted octanol–water partition coefficient (Wildman–Crippen LogP) is 3.59. The van der Waals surface area contributed by atoms with Crippen LogP contribution >= 0.6 is 11.3 Å². The highest BCUT2D eigenvalue weighted by Crippen LogP contribution is 2.29. The Bertz CT molecular complexity index is 1070. The quantitative estimate of drug-likeness (QED) is 0.571. The van der Waals surface area contributed by atoms with Gasteiger partial charge in [0.1, 0.15) is 0 Å². The van der Waals surface area contributed by atoms with Gasteiger partial charge in [-0.3, -0.25) is 19.8 Å². The third-order valence-electron chi connectivity index (χ3n) is 4.79. The molecule has 10 heteroatoms. The monoisotopic (exact) mass is 437 g/mol. The molecule has 0 saturated carbocycles. The molecule has 3 aromatic rings. The van der Waals surface area contributed by atoms with E-state index in [4.69, 9.17) is 0 Å². The summed E-state index contributed by atoms with van der Waals surface area (Å²) >= 11 is 1.33. The molecule has 160 valence electrons. The fraction of sp³-hybridized carbons (Fsp3) is 0.286. The van der Waals surface area contributed by atoms with Gasteiger partial charge in [-0.15, -0.1) is 16.4 Å². The topological polar surface area (TPSA) is 107 Å². The van der Waals surface area contributed by atoms with E-state index in [2.05, 4.69) is 30.4 Å². The van der Waals surface area contributed by atoms with Gasteiger partial charge in [0.05, 0.1) is 11.4 Å². The van der Waals surface area contributed by atoms with Gasteiger partial charge >= 0.3 is 0 Å². The Morgan fingerprint density at radius 1 is 1.16 bits per heavy atom. The Labute approximate surface area is 183 Å². The smallest absolute Gasteiger partial charge is 0.250 e. The molecule has 4 rings (SSSR count). The number of anilines is 4. The Balaban J connectivity index is 1.39. The zero-order valence-corrected chi connectivity index (χ0v) is 17.9. The normalized spacial score (nSPS) is 14.0. The lowest BCUT2D eigenvalue weighted by molar-refractivity contribution is -0.116. The first-order chi connectivity index (χ1) is 15.1. The van der Waals surface area contributed by atoms with Crippen molar-refractivity contribution in [3.8, 4) is 0 Å². The van der Waals surface area contributed by atoms with Gasteiger partial charge in [-0.05, 0) is 37.5 Å². The van der Waals surface area contributed by atoms with Crippen molar-refractivity contribution < 1.29 is 9.59 Å². The van der Waals surface area contributed by atoms with E-state index in [-0.39, 0.29) is 11.8 Å². The minimum absolute atomic E-state index is 0.136. The van der Waals surface area contributed by atoms with Crippen molar-refractivity contribution >= 4 is 51.9 Å². The van der Waals surface area contributed by atoms with Gasteiger partial charge < -0.3 is 4.90 Å². The highest BCUT2D eigenvalue weighted by atomic mass is 32.1. The second kappa shape index (κ2) is 9.52. The van der Waals surface area contributed by atoms with Crippen LogP contribution < -0.4 is 15.1 Å². The van der Waals surface area contributed by atoms with Crippen molar-refractivity contribution in [3.63, 3.8) is 0 Å². The number of piperidine rings is 1. The van der Waals surface area contributed by atoms with E-state index in [1.54, 1.807) is 16.4 Å². The standard InChI is InChI=1S/C21H23N7O2S/c1-15(29)28(17-8-4-2-5-9-17)21-22-16(14-31-21)10-11-18(30)23-19-24-20(26-25-19)27-12-6-3-7-13-27/h2,4-5,8-11,14H,3,6-7,12-13H2,1H3,(H2,23,24,25,26,30)/b11-10+. The third-order valence-corrected chi connectivity index (χ3v) is 5.63. The van der Waals surface area contributed by atoms with Crippen LogP contribution in [0.25, 0.3) is 6.08 Å². The minimum atomic E-state index is -0.345. The molecule has 2 N–H and O–H groups in total. The van der Waals surface area contributed by atoms with Crippen LogP contribution in [0.3, 0.4) is 0 Å². The number of carbonyl (C=O) groups is 2. The maximum absolute atomic E-state index is 12.3. The average molecular weight is 438 g/mol. The molecule has 1 saturated heterocycles. The molecule has 2 amide bonds. The number of hydrogen-bond donors (Lipinski definition) is 2. The number of rotatable bonds is 6. The Morgan fingerprint density at radius 3 is 2.68 bits per heavy atom. The van der Waals surface area contributed by atoms with Crippen molar-refractivity contribution in [3.05, 3.63) is 47.5 Å². The van der Waals surface area contributed by atoms with E-state index in [9.17, 15) is 9.59 Å². The second-order valence-electron chi connectivity index (χ2n) is 7.10. The van der Waals surface area contributed by atoms with Crippen LogP contribution in [0.5, 0.6) is 0 Å². The number of aromatic nitrogens is 4. The highest BCUT2D eigenvalue weighted by molar-refractivity contribution is 7.14. The maximum Gasteiger partial charge on any atom is 0.250 e. The van der Waals surface area contributed by atoms with Gasteiger partial charge in [0.15, 0.2) is 5.13 Å². The molecule has 1 aliphatic heterocycles. The summed E-state index contributed by atoms with van der Waals surface area (Å²) < 4.78 is 0. The molecule has 0 aliphatic carbocycles. The lowest BCUT2D eigenvalue weighted by Crippen LogP contribution is -2.30. The fourth-order valence-corrected chi connectivity index (χ4v) is 4.18. The summed E-state index contributed by atoms with van der Waals surface area (Å²) in [4.78, 5) is 36.8. The van der Waals surface area contributed by atoms with E-state index in [1.165, 1.54) is 30.8 Å². The molecule has 0 bridgehead atoms. The number of nitrogens with one attached hydrogen (secondary N) is 2. The average Bonchev–Trinajstić information content (AvgIpc) is 3.43. The van der Waals surface area contributed by atoms with E-state index in [0.29, 0.717) is 22.7 Å². The first-order valence-electron chi connectivity index (χ1n) is 10.1. The fourth-order valence-electron chi connectivity index (χ4n) is 3.32. The van der Waals surface area contributed by atoms with Crippen molar-refractivity contribution in [2.75, 3.05) is 28.2 Å². The van der Waals surface area contributed by atoms with Gasteiger partial charge in [0, 0.05) is 31.5 Å². The summed E-state index contributed by atoms with van der Waals surface area (Å²) in [5.74, 6) is 0.431. The largest absolute Gasteiger partial charge is 0.340 e. The van der Waals surface area contributed by atoms with Crippen LogP contribution in [0, 0.1) is 0 Å². The number of H-pyrrole nitrogens is 1. The first-order valence-corrected chi connectivity index (χ1v) is 11.0. The van der Waals surface area contributed by atoms with E-state index in [0.717, 1.165) is 31.6 Å². The number of amides is 2. The van der Waals surface area contributed by atoms with Crippen molar-refractivity contribution in [2.45, 2.75) is 26.2 Å². The number of carbonyl (C=O) groups excluding carboxylic acids is 2. The summed E-state index contributed by atoms with van der Waals surface area (Å²) in [6.07, 6.45) is 6.45. The van der Waals surface area contributed by atoms with Gasteiger partial charge in [-0.2, -0.15) is 4.98 Å². The molecule has 0 spiro atoms. The summed E-state index contributed by atoms with van der Waals surface area (Å²) in [6, 6.07) is 9.32. The molecular weight excluding hydrogens is 414 g/mol. The predicted molar refractivity (Wildman–Crippen MR) is 121 cm³/mol. The molecular formula is C21H23N7O2S. The summed E-state index contributed by atoms with van der Waals surface area (Å²) in [5.41, 5.74) is 1.33. The van der Waals surface area contributed by atoms with E-state index < -0.39 is 0 Å². The van der Waals surface area contributed by atoms with Crippen LogP contribution in [0.2, 0.25) is 0 Å². The van der Waals surface area contributed by atoms with Crippen LogP contribution in [0.4, 0.5) is 22.7 Å². The molecule has 3 heterocycles. The van der Waals surface area contributed by atoms with Crippen molar-refractivity contribution in [2.24, 2.45) is 0 Å². The molecule has 1 aromatic carbocycles. The minimum Gasteiger partial charge on any atom is -0.340 e. The molecule has 0 atom stereocenters. The Kier molecular flexibility index (Phi) is 6.37. The summed E-state index contributed by atoms with van der Waals surface area (Å²) in [6.45, 7) is 3.35. The summed E-state index contributed by atoms with van der Waals surface area (Å²) in [5, 5.41) is 11.9. The highest BCUT2D eigenvalue weighted by Gasteiger charge is 2.18. The van der Waals surface area contributed by atoms with Gasteiger partial charge in [-0.25, -0.2) is 10.1 Å². The Morgan fingerprint density at radius 2 is 1.94 bits per heavy atom. The third kappa shape index (κ3) is 5.15. The Hall–Kier alpha value is -3.53. The molecule has 0 radical (unpaired) electrons. The van der Waals surface area contributed by atoms with Gasteiger partial charge in [-0.1, -0.05) is 18.2 Å². The van der Waals surface area contributed by atoms with Crippen LogP contribution in [0.1, 0.15) is 31.9 Å². The second-order valence-corrected chi connectivity index (χ2v) is 7.94. The number of para-hydroxylation sites is 1. The lowest BCUT2D eigenvalue weighted by atomic mass is 10.1. The van der Waals surface area contributed by atoms with E-state index >= 15 is 0 Å². The van der Waals surface area contributed by atoms with Crippen LogP contribution in [-0.4, -0.2) is 45.1 Å². The van der Waals surface area contributed by atoms with Crippen LogP contribution in [0.15, 0.2) is 41.8 Å². The number of hydrogen-bond acceptors (Lipinski definition) is 7. The summed E-state index contributed by atoms with van der Waals surface area (Å²) in [7, 11) is 0. The molecule has 2 aromatic heterocycles. The molecule has 1 fully saturated rings. The molecule has 31 heavy (non-hydrogen) atoms. The van der Waals surface area contributed by atoms with Crippen molar-refractivity contribution in [1.29, 1.82) is 0 Å². The zero-order valence-electron chi connectivity index (χ0n) is 17.1. The number of thiazole rings is 1. The van der Waals surface area contributed by atoms with Crippen molar-refractivity contribution in [1.82, 2.24) is 20.2 Å². The lowest BCUT2D eigenvalue weighted by Gasteiger charge is -2.24. The first kappa shape index (κ1) is 20.7. The molecule has 9 nitrogen and oxygen atoms in total. The number of benzene rings is 1. The van der Waals surface area contributed by atoms with E-state index in [1.807, 2.05) is 30.3 Å². The zero-order chi connectivity index (χ0) is 21.6. The number of nitrogens with zero attached hydrogens (tertiary/aromatic N) is 5. The molecule has 0 unspecified atom stereocenters. The molecule has 1 aliphatic rings. The van der Waals surface area contributed by atoms with Gasteiger partial charge in [0.25, 0.3) is 5.91 Å². The maximum atomic E-state index is 12.3. The number of aromatic amines is 1. The van der Waals surface area contributed by atoms with Gasteiger partial charge in [0.2, 0.25) is 17.8 Å². The SMILES string of the molecule is CC(=O)N(c1ccccc1)c1nc(/C=C/C(=O)Nc2nc(N3CCCCC3)n[nH]2)cs1. The van der Waals surface area contributed by atoms with Crippen LogP contribution in [-0.2, 0) is 9.59 Å².